The molecule has 1 aromatic carbocycles. The fraction of sp³-hybridized carbons (Fsp3) is 0.312. The molecule has 26 heavy (non-hydrogen) atoms. The van der Waals surface area contributed by atoms with Gasteiger partial charge in [-0.15, -0.1) is 0 Å². The van der Waals surface area contributed by atoms with Gasteiger partial charge in [-0.05, 0) is 5.56 Å². The third-order valence-electron chi connectivity index (χ3n) is 3.54. The molecule has 2 N–H and O–H groups in total. The van der Waals surface area contributed by atoms with E-state index >= 15 is 0 Å². The number of ether oxygens (including phenoxy) is 2. The van der Waals surface area contributed by atoms with Crippen molar-refractivity contribution in [1.29, 1.82) is 0 Å². The maximum absolute atomic E-state index is 11.9. The molecule has 0 saturated carbocycles. The summed E-state index contributed by atoms with van der Waals surface area (Å²) in [5.74, 6) is -1.79. The normalized spacial score (nSPS) is 13.9. The molecule has 10 nitrogen and oxygen atoms in total. The van der Waals surface area contributed by atoms with Crippen molar-refractivity contribution in [3.63, 3.8) is 0 Å². The van der Waals surface area contributed by atoms with Crippen molar-refractivity contribution in [3.05, 3.63) is 41.7 Å². The highest BCUT2D eigenvalue weighted by Crippen LogP contribution is 2.13. The molecule has 3 rings (SSSR count). The SMILES string of the molecule is O=C(Nc1nc(C(=O)O)nc(N2CCOCC2)n1)OCc1ccccc1. The van der Waals surface area contributed by atoms with Crippen LogP contribution in [0.15, 0.2) is 30.3 Å². The van der Waals surface area contributed by atoms with Crippen LogP contribution >= 0.6 is 0 Å². The van der Waals surface area contributed by atoms with Crippen molar-refractivity contribution in [2.75, 3.05) is 36.5 Å². The number of amides is 1. The second-order valence-electron chi connectivity index (χ2n) is 5.37. The van der Waals surface area contributed by atoms with Crippen molar-refractivity contribution in [1.82, 2.24) is 15.0 Å². The number of hydrogen-bond acceptors (Lipinski definition) is 8. The Morgan fingerprint density at radius 2 is 1.88 bits per heavy atom. The maximum atomic E-state index is 11.9. The molecule has 0 unspecified atom stereocenters. The predicted molar refractivity (Wildman–Crippen MR) is 90.1 cm³/mol. The monoisotopic (exact) mass is 359 g/mol. The Morgan fingerprint density at radius 1 is 1.15 bits per heavy atom. The van der Waals surface area contributed by atoms with E-state index in [1.54, 1.807) is 4.90 Å². The molecule has 0 aliphatic carbocycles. The molecule has 2 heterocycles. The van der Waals surface area contributed by atoms with Crippen LogP contribution in [0.4, 0.5) is 16.7 Å². The maximum Gasteiger partial charge on any atom is 0.414 e. The Bertz CT molecular complexity index is 780. The van der Waals surface area contributed by atoms with E-state index in [-0.39, 0.29) is 18.5 Å². The van der Waals surface area contributed by atoms with E-state index in [9.17, 15) is 14.7 Å². The summed E-state index contributed by atoms with van der Waals surface area (Å²) >= 11 is 0. The van der Waals surface area contributed by atoms with Crippen LogP contribution in [0.2, 0.25) is 0 Å². The number of anilines is 2. The number of morpholine rings is 1. The molecule has 1 saturated heterocycles. The Hall–Kier alpha value is -3.27. The van der Waals surface area contributed by atoms with Crippen molar-refractivity contribution in [3.8, 4) is 0 Å². The molecule has 2 aromatic rings. The van der Waals surface area contributed by atoms with Gasteiger partial charge in [-0.1, -0.05) is 30.3 Å². The summed E-state index contributed by atoms with van der Waals surface area (Å²) in [7, 11) is 0. The first-order valence-electron chi connectivity index (χ1n) is 7.91. The van der Waals surface area contributed by atoms with Crippen LogP contribution in [0.1, 0.15) is 16.2 Å². The third kappa shape index (κ3) is 4.63. The average molecular weight is 359 g/mol. The van der Waals surface area contributed by atoms with Gasteiger partial charge in [-0.3, -0.25) is 5.32 Å². The van der Waals surface area contributed by atoms with Crippen molar-refractivity contribution in [2.24, 2.45) is 0 Å². The summed E-state index contributed by atoms with van der Waals surface area (Å²) in [5.41, 5.74) is 0.818. The lowest BCUT2D eigenvalue weighted by atomic mass is 10.2. The van der Waals surface area contributed by atoms with Gasteiger partial charge in [-0.25, -0.2) is 9.59 Å². The van der Waals surface area contributed by atoms with Gasteiger partial charge in [0.05, 0.1) is 13.2 Å². The Balaban J connectivity index is 1.70. The minimum Gasteiger partial charge on any atom is -0.475 e. The molecule has 0 atom stereocenters. The summed E-state index contributed by atoms with van der Waals surface area (Å²) < 4.78 is 10.3. The second-order valence-corrected chi connectivity index (χ2v) is 5.37. The molecule has 0 radical (unpaired) electrons. The van der Waals surface area contributed by atoms with Crippen LogP contribution in [0, 0.1) is 0 Å². The lowest BCUT2D eigenvalue weighted by Crippen LogP contribution is -2.38. The van der Waals surface area contributed by atoms with E-state index in [1.165, 1.54) is 0 Å². The Labute approximate surface area is 148 Å². The van der Waals surface area contributed by atoms with Crippen molar-refractivity contribution >= 4 is 24.0 Å². The molecule has 0 spiro atoms. The zero-order valence-electron chi connectivity index (χ0n) is 13.8. The van der Waals surface area contributed by atoms with Crippen molar-refractivity contribution < 1.29 is 24.2 Å². The molecule has 1 aromatic heterocycles. The first-order chi connectivity index (χ1) is 12.6. The smallest absolute Gasteiger partial charge is 0.414 e. The lowest BCUT2D eigenvalue weighted by molar-refractivity contribution is 0.0683. The third-order valence-corrected chi connectivity index (χ3v) is 3.54. The van der Waals surface area contributed by atoms with E-state index in [2.05, 4.69) is 20.3 Å². The van der Waals surface area contributed by atoms with E-state index in [1.807, 2.05) is 30.3 Å². The second kappa shape index (κ2) is 8.21. The molecule has 136 valence electrons. The standard InChI is InChI=1S/C16H17N5O5/c22-13(23)12-17-14(19-15(18-12)21-6-8-25-9-7-21)20-16(24)26-10-11-4-2-1-3-5-11/h1-5H,6-10H2,(H,22,23)(H,17,18,19,20,24). The number of aromatic nitrogens is 3. The molecular formula is C16H17N5O5. The Morgan fingerprint density at radius 3 is 2.58 bits per heavy atom. The molecule has 0 bridgehead atoms. The summed E-state index contributed by atoms with van der Waals surface area (Å²) in [5, 5.41) is 11.5. The number of nitrogens with one attached hydrogen (secondary N) is 1. The summed E-state index contributed by atoms with van der Waals surface area (Å²) in [6.45, 7) is 2.06. The van der Waals surface area contributed by atoms with E-state index in [0.717, 1.165) is 5.56 Å². The average Bonchev–Trinajstić information content (AvgIpc) is 2.67. The first-order valence-corrected chi connectivity index (χ1v) is 7.91. The zero-order chi connectivity index (χ0) is 18.4. The number of hydrogen-bond donors (Lipinski definition) is 2. The molecular weight excluding hydrogens is 342 g/mol. The Kier molecular flexibility index (Phi) is 5.54. The van der Waals surface area contributed by atoms with Gasteiger partial charge in [0.15, 0.2) is 0 Å². The summed E-state index contributed by atoms with van der Waals surface area (Å²) in [6, 6.07) is 9.15. The number of aromatic carboxylic acids is 1. The van der Waals surface area contributed by atoms with Gasteiger partial charge in [0.25, 0.3) is 0 Å². The van der Waals surface area contributed by atoms with Gasteiger partial charge in [-0.2, -0.15) is 15.0 Å². The minimum atomic E-state index is -1.32. The van der Waals surface area contributed by atoms with Crippen LogP contribution in [-0.4, -0.2) is 58.4 Å². The van der Waals surface area contributed by atoms with Crippen LogP contribution in [0.3, 0.4) is 0 Å². The number of carboxylic acid groups (broad SMARTS) is 1. The number of rotatable bonds is 5. The highest BCUT2D eigenvalue weighted by Gasteiger charge is 2.20. The highest BCUT2D eigenvalue weighted by atomic mass is 16.5. The van der Waals surface area contributed by atoms with Crippen LogP contribution in [0.25, 0.3) is 0 Å². The fourth-order valence-corrected chi connectivity index (χ4v) is 2.27. The van der Waals surface area contributed by atoms with E-state index < -0.39 is 17.9 Å². The highest BCUT2D eigenvalue weighted by molar-refractivity contribution is 5.86. The number of nitrogens with zero attached hydrogens (tertiary/aromatic N) is 4. The van der Waals surface area contributed by atoms with Gasteiger partial charge in [0.2, 0.25) is 17.7 Å². The molecule has 1 amide bonds. The van der Waals surface area contributed by atoms with Gasteiger partial charge >= 0.3 is 12.1 Å². The quantitative estimate of drug-likeness (QED) is 0.808. The molecule has 1 aliphatic rings. The predicted octanol–water partition coefficient (Wildman–Crippen LogP) is 1.16. The van der Waals surface area contributed by atoms with Crippen molar-refractivity contribution in [2.45, 2.75) is 6.61 Å². The van der Waals surface area contributed by atoms with E-state index in [4.69, 9.17) is 9.47 Å². The largest absolute Gasteiger partial charge is 0.475 e. The van der Waals surface area contributed by atoms with Crippen LogP contribution < -0.4 is 10.2 Å². The fourth-order valence-electron chi connectivity index (χ4n) is 2.27. The van der Waals surface area contributed by atoms with Crippen LogP contribution in [-0.2, 0) is 16.1 Å². The number of carbonyl (C=O) groups excluding carboxylic acids is 1. The molecule has 1 aliphatic heterocycles. The summed E-state index contributed by atoms with van der Waals surface area (Å²) in [6.07, 6.45) is -0.788. The minimum absolute atomic E-state index is 0.0693. The lowest BCUT2D eigenvalue weighted by Gasteiger charge is -2.26. The first kappa shape index (κ1) is 17.5. The van der Waals surface area contributed by atoms with Crippen LogP contribution in [0.5, 0.6) is 0 Å². The molecule has 10 heteroatoms. The number of carboxylic acids is 1. The number of benzene rings is 1. The summed E-state index contributed by atoms with van der Waals surface area (Å²) in [4.78, 5) is 36.7. The topological polar surface area (TPSA) is 127 Å². The van der Waals surface area contributed by atoms with Gasteiger partial charge in [0.1, 0.15) is 6.61 Å². The van der Waals surface area contributed by atoms with E-state index in [0.29, 0.717) is 26.3 Å². The van der Waals surface area contributed by atoms with Gasteiger partial charge < -0.3 is 19.5 Å². The molecule has 1 fully saturated rings. The van der Waals surface area contributed by atoms with Gasteiger partial charge in [0, 0.05) is 13.1 Å². The number of carbonyl (C=O) groups is 2. The zero-order valence-corrected chi connectivity index (χ0v) is 13.8.